The third-order valence-corrected chi connectivity index (χ3v) is 4.89. The first-order valence-electron chi connectivity index (χ1n) is 5.51. The first kappa shape index (κ1) is 15.8. The van der Waals surface area contributed by atoms with Gasteiger partial charge in [-0.2, -0.15) is 5.26 Å². The van der Waals surface area contributed by atoms with Gasteiger partial charge in [-0.1, -0.05) is 33.6 Å². The molecule has 21 heavy (non-hydrogen) atoms. The molecule has 0 amide bonds. The van der Waals surface area contributed by atoms with Crippen LogP contribution in [0.3, 0.4) is 0 Å². The fourth-order valence-corrected chi connectivity index (χ4v) is 3.73. The summed E-state index contributed by atoms with van der Waals surface area (Å²) in [5.74, 6) is -0.806. The summed E-state index contributed by atoms with van der Waals surface area (Å²) in [7, 11) is -4.03. The Hall–Kier alpha value is -1.62. The first-order chi connectivity index (χ1) is 9.85. The topological polar surface area (TPSA) is 70.0 Å². The highest BCUT2D eigenvalue weighted by atomic mass is 79.9. The van der Waals surface area contributed by atoms with Crippen molar-refractivity contribution in [1.29, 1.82) is 5.26 Å². The average Bonchev–Trinajstić information content (AvgIpc) is 2.38. The van der Waals surface area contributed by atoms with Gasteiger partial charge in [0, 0.05) is 4.47 Å². The molecule has 0 aliphatic heterocycles. The van der Waals surface area contributed by atoms with Gasteiger partial charge in [0.25, 0.3) is 10.0 Å². The van der Waals surface area contributed by atoms with Crippen molar-refractivity contribution < 1.29 is 12.8 Å². The van der Waals surface area contributed by atoms with Crippen LogP contribution in [0, 0.1) is 17.1 Å². The molecule has 8 heteroatoms. The lowest BCUT2D eigenvalue weighted by Gasteiger charge is -2.11. The van der Waals surface area contributed by atoms with Gasteiger partial charge in [-0.15, -0.1) is 0 Å². The normalized spacial score (nSPS) is 11.0. The Labute approximate surface area is 134 Å². The van der Waals surface area contributed by atoms with Crippen LogP contribution in [0.4, 0.5) is 10.1 Å². The van der Waals surface area contributed by atoms with Crippen molar-refractivity contribution in [1.82, 2.24) is 0 Å². The van der Waals surface area contributed by atoms with Gasteiger partial charge in [0.15, 0.2) is 0 Å². The van der Waals surface area contributed by atoms with Gasteiger partial charge < -0.3 is 0 Å². The molecule has 0 spiro atoms. The molecular weight excluding hydrogens is 383 g/mol. The number of halogens is 3. The average molecular weight is 390 g/mol. The Morgan fingerprint density at radius 2 is 2.00 bits per heavy atom. The number of anilines is 1. The lowest BCUT2D eigenvalue weighted by Crippen LogP contribution is -2.14. The molecule has 0 saturated carbocycles. The summed E-state index contributed by atoms with van der Waals surface area (Å²) >= 11 is 9.07. The predicted octanol–water partition coefficient (Wildman–Crippen LogP) is 3.91. The van der Waals surface area contributed by atoms with Crippen LogP contribution in [0.5, 0.6) is 0 Å². The van der Waals surface area contributed by atoms with Gasteiger partial charge in [-0.25, -0.2) is 12.8 Å². The Bertz CT molecular complexity index is 850. The molecule has 2 aromatic carbocycles. The SMILES string of the molecule is N#Cc1c(F)cccc1NS(=O)(=O)c1ccc(Br)cc1Cl. The number of hydrogen-bond donors (Lipinski definition) is 1. The van der Waals surface area contributed by atoms with E-state index in [2.05, 4.69) is 20.7 Å². The van der Waals surface area contributed by atoms with E-state index in [4.69, 9.17) is 16.9 Å². The summed E-state index contributed by atoms with van der Waals surface area (Å²) in [6, 6.07) is 9.53. The van der Waals surface area contributed by atoms with Gasteiger partial charge in [-0.05, 0) is 30.3 Å². The van der Waals surface area contributed by atoms with E-state index in [1.807, 2.05) is 0 Å². The van der Waals surface area contributed by atoms with Crippen LogP contribution in [-0.4, -0.2) is 8.42 Å². The van der Waals surface area contributed by atoms with Crippen molar-refractivity contribution in [2.75, 3.05) is 4.72 Å². The summed E-state index contributed by atoms with van der Waals surface area (Å²) in [6.45, 7) is 0. The molecule has 0 unspecified atom stereocenters. The van der Waals surface area contributed by atoms with E-state index in [1.165, 1.54) is 30.3 Å². The van der Waals surface area contributed by atoms with Gasteiger partial charge >= 0.3 is 0 Å². The maximum atomic E-state index is 13.5. The van der Waals surface area contributed by atoms with Gasteiger partial charge in [-0.3, -0.25) is 4.72 Å². The number of benzene rings is 2. The highest BCUT2D eigenvalue weighted by molar-refractivity contribution is 9.10. The van der Waals surface area contributed by atoms with Gasteiger partial charge in [0.05, 0.1) is 10.7 Å². The zero-order chi connectivity index (χ0) is 15.6. The number of nitrogens with zero attached hydrogens (tertiary/aromatic N) is 1. The molecule has 0 aromatic heterocycles. The molecule has 0 atom stereocenters. The predicted molar refractivity (Wildman–Crippen MR) is 81.1 cm³/mol. The molecule has 2 rings (SSSR count). The van der Waals surface area contributed by atoms with Crippen molar-refractivity contribution in [2.24, 2.45) is 0 Å². The number of hydrogen-bond acceptors (Lipinski definition) is 3. The number of sulfonamides is 1. The van der Waals surface area contributed by atoms with Crippen LogP contribution in [0.15, 0.2) is 45.8 Å². The van der Waals surface area contributed by atoms with Gasteiger partial charge in [0.1, 0.15) is 22.3 Å². The number of nitrogens with one attached hydrogen (secondary N) is 1. The van der Waals surface area contributed by atoms with Crippen molar-refractivity contribution in [3.63, 3.8) is 0 Å². The van der Waals surface area contributed by atoms with E-state index in [0.717, 1.165) is 6.07 Å². The Balaban J connectivity index is 2.48. The van der Waals surface area contributed by atoms with Crippen molar-refractivity contribution >= 4 is 43.2 Å². The lowest BCUT2D eigenvalue weighted by molar-refractivity contribution is 0.601. The van der Waals surface area contributed by atoms with Crippen LogP contribution in [-0.2, 0) is 10.0 Å². The molecule has 1 N–H and O–H groups in total. The largest absolute Gasteiger partial charge is 0.278 e. The summed E-state index contributed by atoms with van der Waals surface area (Å²) in [5, 5.41) is 8.91. The van der Waals surface area contributed by atoms with Crippen LogP contribution in [0.2, 0.25) is 5.02 Å². The fraction of sp³-hybridized carbons (Fsp3) is 0. The second-order valence-corrected chi connectivity index (χ2v) is 6.93. The second-order valence-electron chi connectivity index (χ2n) is 3.95. The minimum atomic E-state index is -4.03. The molecule has 0 aliphatic rings. The van der Waals surface area contributed by atoms with Crippen molar-refractivity contribution in [3.05, 3.63) is 57.3 Å². The molecule has 0 fully saturated rings. The highest BCUT2D eigenvalue weighted by Gasteiger charge is 2.20. The molecule has 4 nitrogen and oxygen atoms in total. The fourth-order valence-electron chi connectivity index (χ4n) is 1.62. The second kappa shape index (κ2) is 6.02. The van der Waals surface area contributed by atoms with E-state index in [-0.39, 0.29) is 21.2 Å². The smallest absolute Gasteiger partial charge is 0.263 e. The van der Waals surface area contributed by atoms with Crippen molar-refractivity contribution in [3.8, 4) is 6.07 Å². The number of rotatable bonds is 3. The molecule has 0 heterocycles. The molecule has 0 bridgehead atoms. The molecule has 0 radical (unpaired) electrons. The maximum absolute atomic E-state index is 13.5. The minimum Gasteiger partial charge on any atom is -0.278 e. The molecule has 108 valence electrons. The Morgan fingerprint density at radius 1 is 1.29 bits per heavy atom. The van der Waals surface area contributed by atoms with E-state index in [0.29, 0.717) is 4.47 Å². The molecule has 0 saturated heterocycles. The Kier molecular flexibility index (Phi) is 4.52. The molecule has 2 aromatic rings. The van der Waals surface area contributed by atoms with Crippen LogP contribution >= 0.6 is 27.5 Å². The zero-order valence-corrected chi connectivity index (χ0v) is 13.4. The van der Waals surface area contributed by atoms with Crippen LogP contribution in [0.1, 0.15) is 5.56 Å². The van der Waals surface area contributed by atoms with E-state index in [9.17, 15) is 12.8 Å². The summed E-state index contributed by atoms with van der Waals surface area (Å²) < 4.78 is 40.8. The third-order valence-electron chi connectivity index (χ3n) is 2.55. The third kappa shape index (κ3) is 3.35. The van der Waals surface area contributed by atoms with E-state index < -0.39 is 15.8 Å². The Morgan fingerprint density at radius 3 is 2.62 bits per heavy atom. The van der Waals surface area contributed by atoms with Crippen LogP contribution in [0.25, 0.3) is 0 Å². The quantitative estimate of drug-likeness (QED) is 0.865. The summed E-state index contributed by atoms with van der Waals surface area (Å²) in [6.07, 6.45) is 0. The van der Waals surface area contributed by atoms with Crippen LogP contribution < -0.4 is 4.72 Å². The van der Waals surface area contributed by atoms with Crippen molar-refractivity contribution in [2.45, 2.75) is 4.90 Å². The van der Waals surface area contributed by atoms with E-state index >= 15 is 0 Å². The zero-order valence-electron chi connectivity index (χ0n) is 10.3. The lowest BCUT2D eigenvalue weighted by atomic mass is 10.2. The molecular formula is C13H7BrClFN2O2S. The maximum Gasteiger partial charge on any atom is 0.263 e. The van der Waals surface area contributed by atoms with Gasteiger partial charge in [0.2, 0.25) is 0 Å². The van der Waals surface area contributed by atoms with E-state index in [1.54, 1.807) is 6.07 Å². The first-order valence-corrected chi connectivity index (χ1v) is 8.17. The monoisotopic (exact) mass is 388 g/mol. The highest BCUT2D eigenvalue weighted by Crippen LogP contribution is 2.28. The standard InChI is InChI=1S/C13H7BrClFN2O2S/c14-8-4-5-13(10(15)6-8)21(19,20)18-12-3-1-2-11(16)9(12)7-17/h1-6,18H. The summed E-state index contributed by atoms with van der Waals surface area (Å²) in [4.78, 5) is -0.166. The molecule has 0 aliphatic carbocycles. The number of nitriles is 1. The summed E-state index contributed by atoms with van der Waals surface area (Å²) in [5.41, 5.74) is -0.522. The minimum absolute atomic E-state index is 0.00628.